The van der Waals surface area contributed by atoms with E-state index in [4.69, 9.17) is 0 Å². The summed E-state index contributed by atoms with van der Waals surface area (Å²) in [5, 5.41) is 0. The van der Waals surface area contributed by atoms with Crippen molar-refractivity contribution in [2.24, 2.45) is 0 Å². The van der Waals surface area contributed by atoms with Crippen molar-refractivity contribution in [3.8, 4) is 11.1 Å². The van der Waals surface area contributed by atoms with E-state index in [9.17, 15) is 0 Å². The van der Waals surface area contributed by atoms with E-state index in [1.165, 1.54) is 34.2 Å². The molecule has 0 bridgehead atoms. The van der Waals surface area contributed by atoms with E-state index in [-0.39, 0.29) is 0 Å². The first-order valence-electron chi connectivity index (χ1n) is 7.36. The third-order valence-electron chi connectivity index (χ3n) is 4.88. The smallest absolute Gasteiger partial charge is 0.0394 e. The normalized spacial score (nSPS) is 20.1. The Bertz CT molecular complexity index is 699. The van der Waals surface area contributed by atoms with Crippen molar-refractivity contribution >= 4 is 6.08 Å². The summed E-state index contributed by atoms with van der Waals surface area (Å²) < 4.78 is 0. The third-order valence-corrected chi connectivity index (χ3v) is 4.88. The predicted molar refractivity (Wildman–Crippen MR) is 84.7 cm³/mol. The van der Waals surface area contributed by atoms with Gasteiger partial charge in [-0.2, -0.15) is 0 Å². The quantitative estimate of drug-likeness (QED) is 0.747. The zero-order chi connectivity index (χ0) is 13.7. The lowest BCUT2D eigenvalue weighted by atomic mass is 9.76. The van der Waals surface area contributed by atoms with E-state index in [2.05, 4.69) is 54.9 Å². The van der Waals surface area contributed by atoms with Gasteiger partial charge in [0.2, 0.25) is 0 Å². The fraction of sp³-hybridized carbons (Fsp3) is 0.263. The fourth-order valence-corrected chi connectivity index (χ4v) is 3.87. The molecule has 2 aromatic rings. The molecule has 100 valence electrons. The van der Waals surface area contributed by atoms with Crippen molar-refractivity contribution in [3.05, 3.63) is 65.2 Å². The zero-order valence-corrected chi connectivity index (χ0v) is 11.9. The van der Waals surface area contributed by atoms with Crippen molar-refractivity contribution in [3.63, 3.8) is 0 Å². The molecule has 0 fully saturated rings. The van der Waals surface area contributed by atoms with Gasteiger partial charge in [-0.3, -0.25) is 4.90 Å². The van der Waals surface area contributed by atoms with Crippen molar-refractivity contribution in [2.45, 2.75) is 18.9 Å². The second-order valence-corrected chi connectivity index (χ2v) is 5.91. The molecule has 0 spiro atoms. The molecule has 0 aromatic heterocycles. The van der Waals surface area contributed by atoms with Crippen LogP contribution in [0.3, 0.4) is 0 Å². The van der Waals surface area contributed by atoms with Gasteiger partial charge in [0.05, 0.1) is 0 Å². The van der Waals surface area contributed by atoms with Crippen molar-refractivity contribution in [1.82, 2.24) is 4.90 Å². The maximum absolute atomic E-state index is 3.99. The topological polar surface area (TPSA) is 3.24 Å². The Morgan fingerprint density at radius 1 is 1.15 bits per heavy atom. The Labute approximate surface area is 120 Å². The summed E-state index contributed by atoms with van der Waals surface area (Å²) in [6, 6.07) is 14.0. The van der Waals surface area contributed by atoms with E-state index in [1.54, 1.807) is 5.56 Å². The van der Waals surface area contributed by atoms with E-state index < -0.39 is 0 Å². The van der Waals surface area contributed by atoms with Crippen LogP contribution in [0.1, 0.15) is 28.3 Å². The van der Waals surface area contributed by atoms with Gasteiger partial charge in [0, 0.05) is 12.6 Å². The van der Waals surface area contributed by atoms with E-state index in [1.807, 2.05) is 6.08 Å². The summed E-state index contributed by atoms with van der Waals surface area (Å²) in [5.74, 6) is 0. The van der Waals surface area contributed by atoms with Crippen molar-refractivity contribution in [1.29, 1.82) is 0 Å². The molecule has 1 nitrogen and oxygen atoms in total. The van der Waals surface area contributed by atoms with Crippen LogP contribution in [0, 0.1) is 0 Å². The zero-order valence-electron chi connectivity index (χ0n) is 11.9. The van der Waals surface area contributed by atoms with Crippen LogP contribution in [0.2, 0.25) is 0 Å². The molecule has 2 aromatic carbocycles. The minimum atomic E-state index is 0.544. The molecule has 1 atom stereocenters. The summed E-state index contributed by atoms with van der Waals surface area (Å²) in [5.41, 5.74) is 8.66. The van der Waals surface area contributed by atoms with Crippen LogP contribution in [0.25, 0.3) is 17.2 Å². The number of fused-ring (bicyclic) bond motifs is 2. The van der Waals surface area contributed by atoms with E-state index in [0.29, 0.717) is 6.04 Å². The maximum atomic E-state index is 3.99. The first-order valence-corrected chi connectivity index (χ1v) is 7.36. The number of likely N-dealkylation sites (N-methyl/N-ethyl adjacent to an activating group) is 1. The lowest BCUT2D eigenvalue weighted by Gasteiger charge is -2.40. The number of hydrogen-bond acceptors (Lipinski definition) is 1. The van der Waals surface area contributed by atoms with Crippen LogP contribution in [-0.2, 0) is 12.8 Å². The highest BCUT2D eigenvalue weighted by molar-refractivity contribution is 5.82. The molecule has 0 radical (unpaired) electrons. The standard InChI is InChI=1S/C19H19N/c1-3-13-6-4-8-15-12-17-19-14(10-11-20(17)2)7-5-9-16(19)18(13)15/h3-9,17H,1,10-12H2,2H3/t17-/m1/s1. The molecule has 2 aliphatic rings. The van der Waals surface area contributed by atoms with Gasteiger partial charge >= 0.3 is 0 Å². The molecule has 0 saturated carbocycles. The van der Waals surface area contributed by atoms with E-state index >= 15 is 0 Å². The number of benzene rings is 2. The molecule has 1 aliphatic carbocycles. The van der Waals surface area contributed by atoms with Gasteiger partial charge in [0.1, 0.15) is 0 Å². The molecule has 1 heteroatoms. The highest BCUT2D eigenvalue weighted by atomic mass is 15.1. The number of hydrogen-bond donors (Lipinski definition) is 0. The molecule has 1 heterocycles. The van der Waals surface area contributed by atoms with Crippen LogP contribution in [0.4, 0.5) is 0 Å². The molecule has 20 heavy (non-hydrogen) atoms. The first kappa shape index (κ1) is 11.9. The predicted octanol–water partition coefficient (Wildman–Crippen LogP) is 4.08. The van der Waals surface area contributed by atoms with Crippen molar-refractivity contribution in [2.75, 3.05) is 13.6 Å². The van der Waals surface area contributed by atoms with Gasteiger partial charge in [-0.1, -0.05) is 49.1 Å². The van der Waals surface area contributed by atoms with Crippen LogP contribution in [0.5, 0.6) is 0 Å². The summed E-state index contributed by atoms with van der Waals surface area (Å²) in [7, 11) is 2.26. The molecule has 0 saturated heterocycles. The van der Waals surface area contributed by atoms with Gasteiger partial charge in [-0.15, -0.1) is 0 Å². The lowest BCUT2D eigenvalue weighted by Crippen LogP contribution is -2.35. The lowest BCUT2D eigenvalue weighted by molar-refractivity contribution is 0.228. The first-order chi connectivity index (χ1) is 9.79. The Morgan fingerprint density at radius 3 is 2.80 bits per heavy atom. The molecule has 0 unspecified atom stereocenters. The summed E-state index contributed by atoms with van der Waals surface area (Å²) in [6.45, 7) is 5.16. The number of rotatable bonds is 1. The minimum absolute atomic E-state index is 0.544. The summed E-state index contributed by atoms with van der Waals surface area (Å²) in [4.78, 5) is 2.51. The van der Waals surface area contributed by atoms with E-state index in [0.717, 1.165) is 13.0 Å². The summed E-state index contributed by atoms with van der Waals surface area (Å²) >= 11 is 0. The average molecular weight is 261 g/mol. The Hall–Kier alpha value is -1.86. The van der Waals surface area contributed by atoms with Crippen LogP contribution in [-0.4, -0.2) is 18.5 Å². The summed E-state index contributed by atoms with van der Waals surface area (Å²) in [6.07, 6.45) is 4.28. The van der Waals surface area contributed by atoms with Crippen LogP contribution >= 0.6 is 0 Å². The fourth-order valence-electron chi connectivity index (χ4n) is 3.87. The monoisotopic (exact) mass is 261 g/mol. The molecule has 0 N–H and O–H groups in total. The highest BCUT2D eigenvalue weighted by Gasteiger charge is 2.32. The third kappa shape index (κ3) is 1.53. The minimum Gasteiger partial charge on any atom is -0.299 e. The van der Waals surface area contributed by atoms with Crippen LogP contribution < -0.4 is 0 Å². The van der Waals surface area contributed by atoms with Gasteiger partial charge in [-0.05, 0) is 53.3 Å². The Morgan fingerprint density at radius 2 is 1.95 bits per heavy atom. The maximum Gasteiger partial charge on any atom is 0.0394 e. The molecular formula is C19H19N. The SMILES string of the molecule is C=Cc1cccc2c1-c1cccc3c1[C@@H](C2)N(C)CC3. The molecule has 1 aliphatic heterocycles. The molecular weight excluding hydrogens is 242 g/mol. The van der Waals surface area contributed by atoms with Gasteiger partial charge in [-0.25, -0.2) is 0 Å². The van der Waals surface area contributed by atoms with Crippen molar-refractivity contribution < 1.29 is 0 Å². The van der Waals surface area contributed by atoms with Gasteiger partial charge in [0.15, 0.2) is 0 Å². The second kappa shape index (κ2) is 4.32. The Balaban J connectivity index is 2.05. The van der Waals surface area contributed by atoms with Gasteiger partial charge < -0.3 is 0 Å². The molecule has 0 amide bonds. The highest BCUT2D eigenvalue weighted by Crippen LogP contribution is 2.45. The molecule has 4 rings (SSSR count). The largest absolute Gasteiger partial charge is 0.299 e. The Kier molecular flexibility index (Phi) is 2.58. The van der Waals surface area contributed by atoms with Gasteiger partial charge in [0.25, 0.3) is 0 Å². The second-order valence-electron chi connectivity index (χ2n) is 5.91. The van der Waals surface area contributed by atoms with Crippen LogP contribution in [0.15, 0.2) is 43.0 Å². The number of nitrogens with zero attached hydrogens (tertiary/aromatic N) is 1. The average Bonchev–Trinajstić information content (AvgIpc) is 2.50.